The Kier molecular flexibility index (Phi) is 4.56. The standard InChI is InChI=1S/C21H24N4O2/c1-14-12-22-21(17-7-5-4-6-8-17)25(14)18-9-10-24(13-18)20(26)11-19-15(2)23-27-16(19)3/h4-8,12,18H,9-11,13H2,1-3H3. The minimum atomic E-state index is 0.130. The summed E-state index contributed by atoms with van der Waals surface area (Å²) in [7, 11) is 0. The third-order valence-electron chi connectivity index (χ3n) is 5.40. The Hall–Kier alpha value is -2.89. The fourth-order valence-corrected chi connectivity index (χ4v) is 3.90. The van der Waals surface area contributed by atoms with Crippen molar-refractivity contribution in [2.75, 3.05) is 13.1 Å². The molecule has 1 fully saturated rings. The minimum absolute atomic E-state index is 0.130. The largest absolute Gasteiger partial charge is 0.361 e. The quantitative estimate of drug-likeness (QED) is 0.711. The maximum Gasteiger partial charge on any atom is 0.227 e. The first-order valence-electron chi connectivity index (χ1n) is 9.33. The number of likely N-dealkylation sites (tertiary alicyclic amines) is 1. The van der Waals surface area contributed by atoms with Crippen molar-refractivity contribution in [3.8, 4) is 11.4 Å². The number of aryl methyl sites for hydroxylation is 3. The number of benzene rings is 1. The van der Waals surface area contributed by atoms with E-state index in [1.165, 1.54) is 0 Å². The molecule has 3 heterocycles. The second kappa shape index (κ2) is 7.02. The molecular formula is C21H24N4O2. The van der Waals surface area contributed by atoms with E-state index >= 15 is 0 Å². The second-order valence-corrected chi connectivity index (χ2v) is 7.22. The molecule has 1 amide bonds. The van der Waals surface area contributed by atoms with Crippen LogP contribution in [-0.4, -0.2) is 38.6 Å². The van der Waals surface area contributed by atoms with Crippen LogP contribution in [0.2, 0.25) is 0 Å². The molecule has 0 N–H and O–H groups in total. The summed E-state index contributed by atoms with van der Waals surface area (Å²) in [5, 5.41) is 3.95. The molecule has 0 radical (unpaired) electrons. The fraction of sp³-hybridized carbons (Fsp3) is 0.381. The number of hydrogen-bond donors (Lipinski definition) is 0. The maximum atomic E-state index is 12.8. The number of nitrogens with zero attached hydrogens (tertiary/aromatic N) is 4. The normalized spacial score (nSPS) is 16.9. The summed E-state index contributed by atoms with van der Waals surface area (Å²) in [5.41, 5.74) is 3.94. The van der Waals surface area contributed by atoms with Gasteiger partial charge in [0.2, 0.25) is 5.91 Å². The second-order valence-electron chi connectivity index (χ2n) is 7.22. The van der Waals surface area contributed by atoms with Gasteiger partial charge in [0.1, 0.15) is 11.6 Å². The molecule has 1 saturated heterocycles. The van der Waals surface area contributed by atoms with Gasteiger partial charge in [-0.1, -0.05) is 35.5 Å². The number of aromatic nitrogens is 3. The van der Waals surface area contributed by atoms with Gasteiger partial charge < -0.3 is 14.0 Å². The van der Waals surface area contributed by atoms with Crippen molar-refractivity contribution in [3.63, 3.8) is 0 Å². The SMILES string of the molecule is Cc1noc(C)c1CC(=O)N1CCC(n2c(C)cnc2-c2ccccc2)C1. The van der Waals surface area contributed by atoms with E-state index in [0.29, 0.717) is 13.0 Å². The minimum Gasteiger partial charge on any atom is -0.361 e. The van der Waals surface area contributed by atoms with Gasteiger partial charge in [-0.3, -0.25) is 4.79 Å². The van der Waals surface area contributed by atoms with Gasteiger partial charge in [0.25, 0.3) is 0 Å². The van der Waals surface area contributed by atoms with Crippen molar-refractivity contribution in [3.05, 3.63) is 59.2 Å². The Balaban J connectivity index is 1.52. The molecule has 1 aliphatic heterocycles. The lowest BCUT2D eigenvalue weighted by Crippen LogP contribution is -2.31. The number of imidazole rings is 1. The molecule has 4 rings (SSSR count). The fourth-order valence-electron chi connectivity index (χ4n) is 3.90. The molecule has 1 aliphatic rings. The monoisotopic (exact) mass is 364 g/mol. The molecule has 27 heavy (non-hydrogen) atoms. The zero-order chi connectivity index (χ0) is 19.0. The summed E-state index contributed by atoms with van der Waals surface area (Å²) in [6, 6.07) is 10.5. The zero-order valence-electron chi connectivity index (χ0n) is 16.0. The van der Waals surface area contributed by atoms with Crippen LogP contribution in [0.3, 0.4) is 0 Å². The Bertz CT molecular complexity index is 938. The lowest BCUT2D eigenvalue weighted by atomic mass is 10.1. The van der Waals surface area contributed by atoms with Crippen LogP contribution < -0.4 is 0 Å². The summed E-state index contributed by atoms with van der Waals surface area (Å²) in [4.78, 5) is 19.4. The van der Waals surface area contributed by atoms with Crippen LogP contribution in [0.4, 0.5) is 0 Å². The number of amides is 1. The first kappa shape index (κ1) is 17.5. The Labute approximate surface area is 158 Å². The average Bonchev–Trinajstić information content (AvgIpc) is 3.37. The smallest absolute Gasteiger partial charge is 0.227 e. The molecule has 6 nitrogen and oxygen atoms in total. The van der Waals surface area contributed by atoms with Crippen LogP contribution in [0.25, 0.3) is 11.4 Å². The lowest BCUT2D eigenvalue weighted by Gasteiger charge is -2.20. The summed E-state index contributed by atoms with van der Waals surface area (Å²) >= 11 is 0. The van der Waals surface area contributed by atoms with Gasteiger partial charge in [-0.15, -0.1) is 0 Å². The van der Waals surface area contributed by atoms with E-state index in [4.69, 9.17) is 4.52 Å². The highest BCUT2D eigenvalue weighted by Gasteiger charge is 2.30. The van der Waals surface area contributed by atoms with Crippen LogP contribution in [0.15, 0.2) is 41.1 Å². The van der Waals surface area contributed by atoms with Crippen molar-refractivity contribution < 1.29 is 9.32 Å². The molecule has 0 saturated carbocycles. The molecule has 140 valence electrons. The highest BCUT2D eigenvalue weighted by molar-refractivity contribution is 5.79. The molecule has 0 aliphatic carbocycles. The number of carbonyl (C=O) groups excluding carboxylic acids is 1. The van der Waals surface area contributed by atoms with Crippen LogP contribution >= 0.6 is 0 Å². The number of hydrogen-bond acceptors (Lipinski definition) is 4. The van der Waals surface area contributed by atoms with E-state index in [-0.39, 0.29) is 11.9 Å². The van der Waals surface area contributed by atoms with Crippen molar-refractivity contribution in [1.29, 1.82) is 0 Å². The number of rotatable bonds is 4. The van der Waals surface area contributed by atoms with Crippen LogP contribution in [0.1, 0.15) is 35.2 Å². The van der Waals surface area contributed by atoms with Crippen molar-refractivity contribution in [1.82, 2.24) is 19.6 Å². The first-order chi connectivity index (χ1) is 13.0. The highest BCUT2D eigenvalue weighted by atomic mass is 16.5. The van der Waals surface area contributed by atoms with Gasteiger partial charge in [0.05, 0.1) is 18.2 Å². The molecular weight excluding hydrogens is 340 g/mol. The van der Waals surface area contributed by atoms with E-state index in [1.807, 2.05) is 43.1 Å². The third-order valence-corrected chi connectivity index (χ3v) is 5.40. The van der Waals surface area contributed by atoms with E-state index in [2.05, 4.69) is 33.8 Å². The summed E-state index contributed by atoms with van der Waals surface area (Å²) in [5.74, 6) is 1.83. The van der Waals surface area contributed by atoms with Gasteiger partial charge in [-0.25, -0.2) is 4.98 Å². The highest BCUT2D eigenvalue weighted by Crippen LogP contribution is 2.30. The Morgan fingerprint density at radius 2 is 2.00 bits per heavy atom. The van der Waals surface area contributed by atoms with Crippen LogP contribution in [0.5, 0.6) is 0 Å². The molecule has 6 heteroatoms. The summed E-state index contributed by atoms with van der Waals surface area (Å²) in [6.45, 7) is 7.29. The summed E-state index contributed by atoms with van der Waals surface area (Å²) in [6.07, 6.45) is 3.20. The molecule has 3 aromatic rings. The van der Waals surface area contributed by atoms with E-state index in [0.717, 1.165) is 47.1 Å². The molecule has 2 aromatic heterocycles. The van der Waals surface area contributed by atoms with Crippen molar-refractivity contribution in [2.24, 2.45) is 0 Å². The topological polar surface area (TPSA) is 64.2 Å². The average molecular weight is 364 g/mol. The zero-order valence-corrected chi connectivity index (χ0v) is 16.0. The van der Waals surface area contributed by atoms with E-state index in [9.17, 15) is 4.79 Å². The van der Waals surface area contributed by atoms with Gasteiger partial charge >= 0.3 is 0 Å². The van der Waals surface area contributed by atoms with Crippen molar-refractivity contribution in [2.45, 2.75) is 39.7 Å². The molecule has 0 spiro atoms. The molecule has 1 unspecified atom stereocenters. The van der Waals surface area contributed by atoms with Crippen molar-refractivity contribution >= 4 is 5.91 Å². The van der Waals surface area contributed by atoms with E-state index < -0.39 is 0 Å². The first-order valence-corrected chi connectivity index (χ1v) is 9.33. The van der Waals surface area contributed by atoms with Crippen LogP contribution in [-0.2, 0) is 11.2 Å². The predicted molar refractivity (Wildman–Crippen MR) is 102 cm³/mol. The maximum absolute atomic E-state index is 12.8. The molecule has 0 bridgehead atoms. The third kappa shape index (κ3) is 3.27. The van der Waals surface area contributed by atoms with Gasteiger partial charge in [-0.05, 0) is 27.2 Å². The van der Waals surface area contributed by atoms with Gasteiger partial charge in [0, 0.05) is 36.1 Å². The summed E-state index contributed by atoms with van der Waals surface area (Å²) < 4.78 is 7.46. The van der Waals surface area contributed by atoms with Gasteiger partial charge in [0.15, 0.2) is 0 Å². The predicted octanol–water partition coefficient (Wildman–Crippen LogP) is 3.48. The van der Waals surface area contributed by atoms with Crippen LogP contribution in [0, 0.1) is 20.8 Å². The van der Waals surface area contributed by atoms with E-state index in [1.54, 1.807) is 0 Å². The Morgan fingerprint density at radius 1 is 1.22 bits per heavy atom. The molecule has 1 atom stereocenters. The molecule has 1 aromatic carbocycles. The number of carbonyl (C=O) groups is 1. The lowest BCUT2D eigenvalue weighted by molar-refractivity contribution is -0.129. The van der Waals surface area contributed by atoms with Gasteiger partial charge in [-0.2, -0.15) is 0 Å². The Morgan fingerprint density at radius 3 is 2.70 bits per heavy atom.